The van der Waals surface area contributed by atoms with E-state index in [2.05, 4.69) is 42.6 Å². The van der Waals surface area contributed by atoms with Crippen molar-refractivity contribution in [2.75, 3.05) is 11.9 Å². The Morgan fingerprint density at radius 1 is 1.27 bits per heavy atom. The molecule has 0 N–H and O–H groups in total. The van der Waals surface area contributed by atoms with Gasteiger partial charge in [0.1, 0.15) is 0 Å². The van der Waals surface area contributed by atoms with Gasteiger partial charge in [-0.3, -0.25) is 0 Å². The Labute approximate surface area is 92.6 Å². The topological polar surface area (TPSA) is 29.0 Å². The first-order valence-corrected chi connectivity index (χ1v) is 5.55. The first-order chi connectivity index (χ1) is 7.00. The van der Waals surface area contributed by atoms with Gasteiger partial charge in [-0.25, -0.2) is 9.97 Å². The molecule has 3 heteroatoms. The van der Waals surface area contributed by atoms with Gasteiger partial charge in [0.05, 0.1) is 0 Å². The lowest BCUT2D eigenvalue weighted by Crippen LogP contribution is -2.27. The Bertz CT molecular complexity index is 307. The zero-order valence-electron chi connectivity index (χ0n) is 10.4. The van der Waals surface area contributed by atoms with E-state index >= 15 is 0 Å². The van der Waals surface area contributed by atoms with Crippen LogP contribution in [0.3, 0.4) is 0 Å². The number of anilines is 1. The first kappa shape index (κ1) is 12.0. The van der Waals surface area contributed by atoms with E-state index in [-0.39, 0.29) is 0 Å². The van der Waals surface area contributed by atoms with E-state index in [4.69, 9.17) is 0 Å². The molecule has 1 rings (SSSR count). The molecule has 0 saturated carbocycles. The molecular weight excluding hydrogens is 186 g/mol. The molecule has 0 amide bonds. The van der Waals surface area contributed by atoms with Crippen LogP contribution in [0.15, 0.2) is 12.3 Å². The Hall–Kier alpha value is -1.12. The molecule has 1 aromatic rings. The van der Waals surface area contributed by atoms with Gasteiger partial charge in [-0.2, -0.15) is 0 Å². The van der Waals surface area contributed by atoms with Gasteiger partial charge in [-0.1, -0.05) is 13.8 Å². The van der Waals surface area contributed by atoms with Gasteiger partial charge in [0.2, 0.25) is 5.95 Å². The van der Waals surface area contributed by atoms with E-state index in [1.807, 2.05) is 19.3 Å². The summed E-state index contributed by atoms with van der Waals surface area (Å²) in [5.74, 6) is 1.46. The van der Waals surface area contributed by atoms with Crippen molar-refractivity contribution in [3.8, 4) is 0 Å². The predicted octanol–water partition coefficient (Wildman–Crippen LogP) is 2.52. The number of aromatic nitrogens is 2. The first-order valence-electron chi connectivity index (χ1n) is 5.55. The summed E-state index contributed by atoms with van der Waals surface area (Å²) in [7, 11) is 2.03. The van der Waals surface area contributed by atoms with E-state index in [0.717, 1.165) is 18.1 Å². The monoisotopic (exact) mass is 207 g/mol. The van der Waals surface area contributed by atoms with Crippen molar-refractivity contribution in [2.45, 2.75) is 40.2 Å². The highest BCUT2D eigenvalue weighted by molar-refractivity contribution is 5.29. The second kappa shape index (κ2) is 5.10. The molecule has 0 aliphatic heterocycles. The van der Waals surface area contributed by atoms with Gasteiger partial charge in [-0.15, -0.1) is 0 Å². The van der Waals surface area contributed by atoms with E-state index in [1.165, 1.54) is 0 Å². The lowest BCUT2D eigenvalue weighted by molar-refractivity contribution is 0.630. The molecule has 0 spiro atoms. The van der Waals surface area contributed by atoms with Crippen LogP contribution in [-0.2, 0) is 6.42 Å². The zero-order chi connectivity index (χ0) is 11.4. The van der Waals surface area contributed by atoms with Gasteiger partial charge in [0.25, 0.3) is 0 Å². The summed E-state index contributed by atoms with van der Waals surface area (Å²) in [6.07, 6.45) is 2.86. The van der Waals surface area contributed by atoms with Crippen molar-refractivity contribution in [1.29, 1.82) is 0 Å². The normalized spacial score (nSPS) is 11.1. The highest BCUT2D eigenvalue weighted by atomic mass is 15.2. The molecule has 0 fully saturated rings. The summed E-state index contributed by atoms with van der Waals surface area (Å²) in [5.41, 5.74) is 1.13. The Morgan fingerprint density at radius 2 is 1.93 bits per heavy atom. The summed E-state index contributed by atoms with van der Waals surface area (Å²) < 4.78 is 0. The SMILES string of the molecule is CC(C)Cc1ccnc(N(C)C(C)C)n1. The fraction of sp³-hybridized carbons (Fsp3) is 0.667. The molecule has 0 aliphatic rings. The number of hydrogen-bond donors (Lipinski definition) is 0. The number of rotatable bonds is 4. The quantitative estimate of drug-likeness (QED) is 0.759. The second-order valence-corrected chi connectivity index (χ2v) is 4.65. The molecule has 0 atom stereocenters. The summed E-state index contributed by atoms with van der Waals surface area (Å²) in [5, 5.41) is 0. The molecule has 15 heavy (non-hydrogen) atoms. The van der Waals surface area contributed by atoms with Gasteiger partial charge >= 0.3 is 0 Å². The van der Waals surface area contributed by atoms with Crippen LogP contribution in [0.4, 0.5) is 5.95 Å². The molecule has 1 aromatic heterocycles. The van der Waals surface area contributed by atoms with E-state index < -0.39 is 0 Å². The summed E-state index contributed by atoms with van der Waals surface area (Å²) in [6.45, 7) is 8.68. The smallest absolute Gasteiger partial charge is 0.225 e. The van der Waals surface area contributed by atoms with Crippen LogP contribution in [-0.4, -0.2) is 23.1 Å². The fourth-order valence-corrected chi connectivity index (χ4v) is 1.32. The van der Waals surface area contributed by atoms with Crippen LogP contribution in [0.1, 0.15) is 33.4 Å². The van der Waals surface area contributed by atoms with Crippen molar-refractivity contribution in [3.05, 3.63) is 18.0 Å². The lowest BCUT2D eigenvalue weighted by atomic mass is 10.1. The van der Waals surface area contributed by atoms with Crippen molar-refractivity contribution in [3.63, 3.8) is 0 Å². The molecule has 1 heterocycles. The van der Waals surface area contributed by atoms with E-state index in [9.17, 15) is 0 Å². The maximum Gasteiger partial charge on any atom is 0.225 e. The maximum absolute atomic E-state index is 4.55. The molecular formula is C12H21N3. The van der Waals surface area contributed by atoms with Crippen LogP contribution in [0.2, 0.25) is 0 Å². The average Bonchev–Trinajstić information content (AvgIpc) is 2.16. The molecule has 0 bridgehead atoms. The fourth-order valence-electron chi connectivity index (χ4n) is 1.32. The van der Waals surface area contributed by atoms with Crippen LogP contribution in [0, 0.1) is 5.92 Å². The van der Waals surface area contributed by atoms with Crippen molar-refractivity contribution in [2.24, 2.45) is 5.92 Å². The van der Waals surface area contributed by atoms with Crippen LogP contribution in [0.5, 0.6) is 0 Å². The largest absolute Gasteiger partial charge is 0.341 e. The van der Waals surface area contributed by atoms with Crippen molar-refractivity contribution >= 4 is 5.95 Å². The molecule has 0 saturated heterocycles. The van der Waals surface area contributed by atoms with Gasteiger partial charge in [-0.05, 0) is 32.3 Å². The Balaban J connectivity index is 2.82. The van der Waals surface area contributed by atoms with Gasteiger partial charge < -0.3 is 4.90 Å². The molecule has 3 nitrogen and oxygen atoms in total. The summed E-state index contributed by atoms with van der Waals surface area (Å²) in [4.78, 5) is 10.9. The third-order valence-corrected chi connectivity index (χ3v) is 2.41. The molecule has 0 aromatic carbocycles. The molecule has 0 aliphatic carbocycles. The number of hydrogen-bond acceptors (Lipinski definition) is 3. The maximum atomic E-state index is 4.55. The Morgan fingerprint density at radius 3 is 2.47 bits per heavy atom. The van der Waals surface area contributed by atoms with Crippen molar-refractivity contribution in [1.82, 2.24) is 9.97 Å². The van der Waals surface area contributed by atoms with E-state index in [1.54, 1.807) is 0 Å². The standard InChI is InChI=1S/C12H21N3/c1-9(2)8-11-6-7-13-12(14-11)15(5)10(3)4/h6-7,9-10H,8H2,1-5H3. The summed E-state index contributed by atoms with van der Waals surface area (Å²) >= 11 is 0. The molecule has 0 unspecified atom stereocenters. The van der Waals surface area contributed by atoms with Crippen LogP contribution in [0.25, 0.3) is 0 Å². The summed E-state index contributed by atoms with van der Waals surface area (Å²) in [6, 6.07) is 2.43. The van der Waals surface area contributed by atoms with Crippen LogP contribution < -0.4 is 4.90 Å². The van der Waals surface area contributed by atoms with Crippen LogP contribution >= 0.6 is 0 Å². The predicted molar refractivity (Wildman–Crippen MR) is 64.1 cm³/mol. The molecule has 84 valence electrons. The van der Waals surface area contributed by atoms with E-state index in [0.29, 0.717) is 12.0 Å². The third kappa shape index (κ3) is 3.50. The number of nitrogens with zero attached hydrogens (tertiary/aromatic N) is 3. The molecule has 0 radical (unpaired) electrons. The second-order valence-electron chi connectivity index (χ2n) is 4.65. The highest BCUT2D eigenvalue weighted by Gasteiger charge is 2.08. The Kier molecular flexibility index (Phi) is 4.06. The minimum absolute atomic E-state index is 0.430. The van der Waals surface area contributed by atoms with Gasteiger partial charge in [0, 0.05) is 25.0 Å². The van der Waals surface area contributed by atoms with Crippen molar-refractivity contribution < 1.29 is 0 Å². The minimum atomic E-state index is 0.430. The third-order valence-electron chi connectivity index (χ3n) is 2.41. The average molecular weight is 207 g/mol. The lowest BCUT2D eigenvalue weighted by Gasteiger charge is -2.21. The minimum Gasteiger partial charge on any atom is -0.341 e. The highest BCUT2D eigenvalue weighted by Crippen LogP contribution is 2.11. The zero-order valence-corrected chi connectivity index (χ0v) is 10.4. The van der Waals surface area contributed by atoms with Gasteiger partial charge in [0.15, 0.2) is 0 Å².